The van der Waals surface area contributed by atoms with Gasteiger partial charge in [0.2, 0.25) is 11.8 Å². The largest absolute Gasteiger partial charge is 0.440 e. The monoisotopic (exact) mass is 529 g/mol. The van der Waals surface area contributed by atoms with E-state index in [1.54, 1.807) is 73.6 Å². The summed E-state index contributed by atoms with van der Waals surface area (Å²) in [6, 6.07) is 10.9. The molecule has 0 aliphatic carbocycles. The van der Waals surface area contributed by atoms with Crippen LogP contribution in [0, 0.1) is 0 Å². The van der Waals surface area contributed by atoms with Gasteiger partial charge in [0.1, 0.15) is 41.1 Å². The van der Waals surface area contributed by atoms with Gasteiger partial charge in [0, 0.05) is 59.4 Å². The maximum Gasteiger partial charge on any atom is 0.206 e. The molecule has 0 bridgehead atoms. The second-order valence-corrected chi connectivity index (χ2v) is 8.47. The molecule has 11 heteroatoms. The molecule has 4 aromatic heterocycles. The molecule has 0 aromatic carbocycles. The van der Waals surface area contributed by atoms with Gasteiger partial charge in [0.05, 0.1) is 0 Å². The summed E-state index contributed by atoms with van der Waals surface area (Å²) in [5.74, 6) is 4.81. The molecule has 40 heavy (non-hydrogen) atoms. The number of H-pyrrole nitrogens is 2. The van der Waals surface area contributed by atoms with Crippen molar-refractivity contribution in [2.75, 3.05) is 10.6 Å². The molecule has 6 rings (SSSR count). The third-order valence-electron chi connectivity index (χ3n) is 5.89. The van der Waals surface area contributed by atoms with Crippen molar-refractivity contribution in [3.63, 3.8) is 0 Å². The van der Waals surface area contributed by atoms with Crippen LogP contribution in [0.4, 0.5) is 23.3 Å². The lowest BCUT2D eigenvalue weighted by Crippen LogP contribution is -1.95. The van der Waals surface area contributed by atoms with E-state index in [0.29, 0.717) is 46.5 Å². The number of hydrogen-bond acceptors (Lipinski definition) is 9. The van der Waals surface area contributed by atoms with Crippen molar-refractivity contribution in [3.05, 3.63) is 104 Å². The first-order chi connectivity index (χ1) is 19.7. The van der Waals surface area contributed by atoms with Crippen molar-refractivity contribution in [2.45, 2.75) is 0 Å². The van der Waals surface area contributed by atoms with Crippen molar-refractivity contribution in [1.29, 1.82) is 0 Å². The average molecular weight is 530 g/mol. The summed E-state index contributed by atoms with van der Waals surface area (Å²) in [6.45, 7) is 7.78. The molecule has 0 unspecified atom stereocenters. The highest BCUT2D eigenvalue weighted by molar-refractivity contribution is 5.86. The SMILES string of the molecule is C=Cc1cc(Nc2ncnc(Nc3cc(C=C)c(Oc4ccncc4)[nH]3)c3cncc2-3)[nH]c1Oc1ccncc1. The second-order valence-electron chi connectivity index (χ2n) is 8.47. The van der Waals surface area contributed by atoms with Gasteiger partial charge in [-0.2, -0.15) is 0 Å². The van der Waals surface area contributed by atoms with E-state index < -0.39 is 0 Å². The Labute approximate surface area is 229 Å². The number of fused-ring (bicyclic) bond motifs is 1. The number of aromatic nitrogens is 7. The number of ether oxygens (including phenoxy) is 2. The van der Waals surface area contributed by atoms with Gasteiger partial charge in [-0.15, -0.1) is 0 Å². The first-order valence-electron chi connectivity index (χ1n) is 12.2. The molecule has 4 aromatic rings. The lowest BCUT2D eigenvalue weighted by Gasteiger charge is -2.07. The van der Waals surface area contributed by atoms with Crippen LogP contribution >= 0.6 is 0 Å². The predicted octanol–water partition coefficient (Wildman–Crippen LogP) is 6.78. The number of nitrogens with one attached hydrogen (secondary N) is 4. The molecular formula is C29H23N9O2. The van der Waals surface area contributed by atoms with Gasteiger partial charge >= 0.3 is 0 Å². The molecule has 0 spiro atoms. The molecule has 0 radical (unpaired) electrons. The van der Waals surface area contributed by atoms with Crippen molar-refractivity contribution in [3.8, 4) is 34.4 Å². The minimum absolute atomic E-state index is 0.538. The van der Waals surface area contributed by atoms with E-state index in [1.807, 2.05) is 12.1 Å². The van der Waals surface area contributed by atoms with Gasteiger partial charge < -0.3 is 30.1 Å². The maximum atomic E-state index is 5.97. The Balaban J connectivity index is 1.24. The van der Waals surface area contributed by atoms with Crippen LogP contribution < -0.4 is 20.1 Å². The molecule has 0 saturated carbocycles. The lowest BCUT2D eigenvalue weighted by molar-refractivity contribution is 0.464. The van der Waals surface area contributed by atoms with Gasteiger partial charge in [-0.3, -0.25) is 15.0 Å². The molecule has 0 amide bonds. The zero-order valence-electron chi connectivity index (χ0n) is 21.1. The van der Waals surface area contributed by atoms with Crippen LogP contribution in [0.5, 0.6) is 23.3 Å². The average Bonchev–Trinajstić information content (AvgIpc) is 3.69. The Kier molecular flexibility index (Phi) is 6.58. The zero-order chi connectivity index (χ0) is 27.3. The molecular weight excluding hydrogens is 506 g/mol. The lowest BCUT2D eigenvalue weighted by atomic mass is 10.2. The summed E-state index contributed by atoms with van der Waals surface area (Å²) < 4.78 is 11.9. The van der Waals surface area contributed by atoms with Gasteiger partial charge in [0.15, 0.2) is 0 Å². The summed E-state index contributed by atoms with van der Waals surface area (Å²) in [5.41, 5.74) is 3.09. The molecule has 196 valence electrons. The maximum absolute atomic E-state index is 5.97. The van der Waals surface area contributed by atoms with Crippen molar-refractivity contribution in [2.24, 2.45) is 0 Å². The molecule has 0 atom stereocenters. The third kappa shape index (κ3) is 5.07. The zero-order valence-corrected chi connectivity index (χ0v) is 21.1. The Morgan fingerprint density at radius 3 is 1.52 bits per heavy atom. The fourth-order valence-electron chi connectivity index (χ4n) is 4.00. The minimum Gasteiger partial charge on any atom is -0.440 e. The normalized spacial score (nSPS) is 10.7. The molecule has 4 N–H and O–H groups in total. The summed E-state index contributed by atoms with van der Waals surface area (Å²) in [6.07, 6.45) is 15.0. The van der Waals surface area contributed by atoms with Crippen LogP contribution in [-0.4, -0.2) is 34.9 Å². The van der Waals surface area contributed by atoms with Crippen LogP contribution in [0.3, 0.4) is 0 Å². The quantitative estimate of drug-likeness (QED) is 0.151. The van der Waals surface area contributed by atoms with Crippen LogP contribution in [0.25, 0.3) is 23.3 Å². The van der Waals surface area contributed by atoms with Crippen molar-refractivity contribution < 1.29 is 9.47 Å². The number of pyridine rings is 2. The van der Waals surface area contributed by atoms with E-state index in [9.17, 15) is 0 Å². The summed E-state index contributed by atoms with van der Waals surface area (Å²) in [5, 5.41) is 6.63. The van der Waals surface area contributed by atoms with Gasteiger partial charge in [-0.25, -0.2) is 9.97 Å². The molecule has 2 aliphatic rings. The van der Waals surface area contributed by atoms with Gasteiger partial charge in [0.25, 0.3) is 0 Å². The van der Waals surface area contributed by atoms with E-state index in [4.69, 9.17) is 9.47 Å². The minimum atomic E-state index is 0.538. The van der Waals surface area contributed by atoms with E-state index in [2.05, 4.69) is 58.7 Å². The molecule has 11 nitrogen and oxygen atoms in total. The van der Waals surface area contributed by atoms with E-state index in [-0.39, 0.29) is 0 Å². The van der Waals surface area contributed by atoms with E-state index in [1.165, 1.54) is 6.33 Å². The molecule has 6 heterocycles. The standard InChI is InChI=1S/C29H23N9O2/c1-3-18-13-24(37-28(18)39-20-5-9-30-10-6-20)35-26-22-15-32-16-23(22)27(34-17-33-26)36-25-14-19(4-2)29(38-25)40-21-7-11-31-12-8-21/h3-17,37-38H,1-2H2,(H2,33,34,35,36). The highest BCUT2D eigenvalue weighted by Gasteiger charge is 2.18. The van der Waals surface area contributed by atoms with Crippen LogP contribution in [0.2, 0.25) is 0 Å². The fraction of sp³-hybridized carbons (Fsp3) is 0. The number of hydrogen-bond donors (Lipinski definition) is 4. The predicted molar refractivity (Wildman–Crippen MR) is 153 cm³/mol. The van der Waals surface area contributed by atoms with Gasteiger partial charge in [-0.05, 0) is 36.4 Å². The van der Waals surface area contributed by atoms with Crippen LogP contribution in [-0.2, 0) is 0 Å². The summed E-state index contributed by atoms with van der Waals surface area (Å²) in [7, 11) is 0. The van der Waals surface area contributed by atoms with Crippen molar-refractivity contribution in [1.82, 2.24) is 34.9 Å². The Bertz CT molecular complexity index is 1620. The second kappa shape index (κ2) is 10.8. The number of aromatic amines is 2. The highest BCUT2D eigenvalue weighted by Crippen LogP contribution is 2.37. The van der Waals surface area contributed by atoms with Crippen LogP contribution in [0.1, 0.15) is 11.1 Å². The van der Waals surface area contributed by atoms with Crippen LogP contribution in [0.15, 0.2) is 93.1 Å². The van der Waals surface area contributed by atoms with E-state index in [0.717, 1.165) is 22.3 Å². The highest BCUT2D eigenvalue weighted by atomic mass is 16.5. The molecule has 0 fully saturated rings. The summed E-state index contributed by atoms with van der Waals surface area (Å²) in [4.78, 5) is 27.9. The van der Waals surface area contributed by atoms with Crippen molar-refractivity contribution >= 4 is 35.4 Å². The Morgan fingerprint density at radius 2 is 1.10 bits per heavy atom. The Hall–Kier alpha value is -5.97. The smallest absolute Gasteiger partial charge is 0.206 e. The Morgan fingerprint density at radius 1 is 0.650 bits per heavy atom. The fourth-order valence-corrected chi connectivity index (χ4v) is 4.00. The molecule has 2 aliphatic heterocycles. The molecule has 0 saturated heterocycles. The number of rotatable bonds is 10. The first kappa shape index (κ1) is 24.4. The van der Waals surface area contributed by atoms with Gasteiger partial charge in [-0.1, -0.05) is 25.3 Å². The summed E-state index contributed by atoms with van der Waals surface area (Å²) >= 11 is 0. The first-order valence-corrected chi connectivity index (χ1v) is 12.2. The topological polar surface area (TPSA) is 139 Å². The number of nitrogens with zero attached hydrogens (tertiary/aromatic N) is 5. The third-order valence-corrected chi connectivity index (χ3v) is 5.89. The van der Waals surface area contributed by atoms with E-state index >= 15 is 0 Å². The number of anilines is 4.